The Morgan fingerprint density at radius 1 is 1.07 bits per heavy atom. The SMILES string of the molecule is COc1ccc(CN2CCN(Cc3ccc(O)c(OC)c3)C[C@@H]2CCO)c(F)c1. The van der Waals surface area contributed by atoms with Crippen molar-refractivity contribution in [1.29, 1.82) is 0 Å². The highest BCUT2D eigenvalue weighted by molar-refractivity contribution is 5.41. The van der Waals surface area contributed by atoms with Gasteiger partial charge in [-0.3, -0.25) is 9.80 Å². The summed E-state index contributed by atoms with van der Waals surface area (Å²) in [6.45, 7) is 3.72. The number of hydrogen-bond donors (Lipinski definition) is 2. The van der Waals surface area contributed by atoms with Gasteiger partial charge in [0.25, 0.3) is 0 Å². The maximum atomic E-state index is 14.4. The number of hydrogen-bond acceptors (Lipinski definition) is 6. The minimum absolute atomic E-state index is 0.0904. The van der Waals surface area contributed by atoms with Crippen molar-refractivity contribution < 1.29 is 24.1 Å². The number of halogens is 1. The average molecular weight is 404 g/mol. The molecule has 0 aromatic heterocycles. The second-order valence-electron chi connectivity index (χ2n) is 7.34. The maximum absolute atomic E-state index is 14.4. The van der Waals surface area contributed by atoms with E-state index in [9.17, 15) is 14.6 Å². The van der Waals surface area contributed by atoms with Gasteiger partial charge in [-0.15, -0.1) is 0 Å². The monoisotopic (exact) mass is 404 g/mol. The second kappa shape index (κ2) is 9.91. The van der Waals surface area contributed by atoms with Crippen molar-refractivity contribution >= 4 is 0 Å². The smallest absolute Gasteiger partial charge is 0.160 e. The molecule has 1 atom stereocenters. The van der Waals surface area contributed by atoms with Gasteiger partial charge in [-0.05, 0) is 30.2 Å². The summed E-state index contributed by atoms with van der Waals surface area (Å²) in [5.74, 6) is 0.821. The molecule has 158 valence electrons. The molecule has 1 fully saturated rings. The van der Waals surface area contributed by atoms with Crippen LogP contribution in [0.15, 0.2) is 36.4 Å². The van der Waals surface area contributed by atoms with Crippen molar-refractivity contribution in [3.63, 3.8) is 0 Å². The van der Waals surface area contributed by atoms with E-state index >= 15 is 0 Å². The third-order valence-corrected chi connectivity index (χ3v) is 5.44. The first-order valence-electron chi connectivity index (χ1n) is 9.79. The molecule has 0 spiro atoms. The molecule has 6 nitrogen and oxygen atoms in total. The van der Waals surface area contributed by atoms with Crippen LogP contribution in [0.1, 0.15) is 17.5 Å². The lowest BCUT2D eigenvalue weighted by Gasteiger charge is -2.41. The lowest BCUT2D eigenvalue weighted by molar-refractivity contribution is 0.0492. The summed E-state index contributed by atoms with van der Waals surface area (Å²) in [7, 11) is 3.06. The number of benzene rings is 2. The lowest BCUT2D eigenvalue weighted by Crippen LogP contribution is -2.52. The summed E-state index contributed by atoms with van der Waals surface area (Å²) in [6, 6.07) is 10.4. The Balaban J connectivity index is 1.66. The third kappa shape index (κ3) is 5.38. The highest BCUT2D eigenvalue weighted by atomic mass is 19.1. The number of aliphatic hydroxyl groups is 1. The topological polar surface area (TPSA) is 65.4 Å². The van der Waals surface area contributed by atoms with Crippen LogP contribution in [0.4, 0.5) is 4.39 Å². The van der Waals surface area contributed by atoms with Gasteiger partial charge in [0.15, 0.2) is 11.5 Å². The van der Waals surface area contributed by atoms with Crippen LogP contribution in [-0.4, -0.2) is 66.5 Å². The fourth-order valence-electron chi connectivity index (χ4n) is 3.81. The number of nitrogens with zero attached hydrogens (tertiary/aromatic N) is 2. The van der Waals surface area contributed by atoms with E-state index in [-0.39, 0.29) is 24.2 Å². The maximum Gasteiger partial charge on any atom is 0.160 e. The predicted octanol–water partition coefficient (Wildman–Crippen LogP) is 2.62. The molecular weight excluding hydrogens is 375 g/mol. The van der Waals surface area contributed by atoms with Crippen molar-refractivity contribution in [2.45, 2.75) is 25.6 Å². The van der Waals surface area contributed by atoms with Gasteiger partial charge < -0.3 is 19.7 Å². The van der Waals surface area contributed by atoms with Gasteiger partial charge in [0.05, 0.1) is 14.2 Å². The molecule has 1 saturated heterocycles. The molecule has 2 N–H and O–H groups in total. The van der Waals surface area contributed by atoms with Crippen LogP contribution in [0.25, 0.3) is 0 Å². The molecule has 0 aliphatic carbocycles. The zero-order valence-corrected chi connectivity index (χ0v) is 17.0. The van der Waals surface area contributed by atoms with Crippen molar-refractivity contribution in [3.05, 3.63) is 53.3 Å². The Labute approximate surface area is 171 Å². The van der Waals surface area contributed by atoms with E-state index in [1.807, 2.05) is 12.1 Å². The summed E-state index contributed by atoms with van der Waals surface area (Å²) >= 11 is 0. The van der Waals surface area contributed by atoms with Crippen molar-refractivity contribution in [2.75, 3.05) is 40.5 Å². The lowest BCUT2D eigenvalue weighted by atomic mass is 10.1. The Bertz CT molecular complexity index is 817. The van der Waals surface area contributed by atoms with Gasteiger partial charge in [-0.1, -0.05) is 12.1 Å². The van der Waals surface area contributed by atoms with E-state index in [2.05, 4.69) is 9.80 Å². The first-order chi connectivity index (χ1) is 14.0. The molecule has 0 bridgehead atoms. The van der Waals surface area contributed by atoms with Gasteiger partial charge in [-0.25, -0.2) is 4.39 Å². The van der Waals surface area contributed by atoms with E-state index in [1.54, 1.807) is 18.2 Å². The average Bonchev–Trinajstić information content (AvgIpc) is 2.72. The molecule has 2 aromatic carbocycles. The van der Waals surface area contributed by atoms with E-state index in [0.29, 0.717) is 30.0 Å². The minimum atomic E-state index is -0.272. The van der Waals surface area contributed by atoms with Gasteiger partial charge >= 0.3 is 0 Å². The van der Waals surface area contributed by atoms with Crippen LogP contribution in [-0.2, 0) is 13.1 Å². The van der Waals surface area contributed by atoms with Crippen LogP contribution in [0, 0.1) is 5.82 Å². The zero-order chi connectivity index (χ0) is 20.8. The predicted molar refractivity (Wildman–Crippen MR) is 109 cm³/mol. The highest BCUT2D eigenvalue weighted by Crippen LogP contribution is 2.28. The van der Waals surface area contributed by atoms with Gasteiger partial charge in [0.1, 0.15) is 11.6 Å². The highest BCUT2D eigenvalue weighted by Gasteiger charge is 2.27. The van der Waals surface area contributed by atoms with Crippen molar-refractivity contribution in [1.82, 2.24) is 9.80 Å². The number of methoxy groups -OCH3 is 2. The molecule has 1 heterocycles. The van der Waals surface area contributed by atoms with Crippen LogP contribution in [0.5, 0.6) is 17.2 Å². The number of rotatable bonds is 8. The zero-order valence-electron chi connectivity index (χ0n) is 17.0. The van der Waals surface area contributed by atoms with E-state index < -0.39 is 0 Å². The number of aliphatic hydroxyl groups excluding tert-OH is 1. The number of phenolic OH excluding ortho intramolecular Hbond substituents is 1. The second-order valence-corrected chi connectivity index (χ2v) is 7.34. The summed E-state index contributed by atoms with van der Waals surface area (Å²) in [5.41, 5.74) is 1.68. The van der Waals surface area contributed by atoms with E-state index in [4.69, 9.17) is 9.47 Å². The van der Waals surface area contributed by atoms with Crippen LogP contribution in [0.2, 0.25) is 0 Å². The molecule has 2 aromatic rings. The van der Waals surface area contributed by atoms with Crippen molar-refractivity contribution in [2.24, 2.45) is 0 Å². The first-order valence-corrected chi connectivity index (χ1v) is 9.79. The molecular formula is C22H29FN2O4. The summed E-state index contributed by atoms with van der Waals surface area (Å²) in [6.07, 6.45) is 0.632. The molecule has 0 amide bonds. The number of piperazine rings is 1. The van der Waals surface area contributed by atoms with Gasteiger partial charge in [0.2, 0.25) is 0 Å². The third-order valence-electron chi connectivity index (χ3n) is 5.44. The Kier molecular flexibility index (Phi) is 7.30. The quantitative estimate of drug-likeness (QED) is 0.705. The molecule has 7 heteroatoms. The number of ether oxygens (including phenoxy) is 2. The fourth-order valence-corrected chi connectivity index (χ4v) is 3.81. The minimum Gasteiger partial charge on any atom is -0.504 e. The number of phenols is 1. The summed E-state index contributed by atoms with van der Waals surface area (Å²) in [4.78, 5) is 4.54. The van der Waals surface area contributed by atoms with Crippen LogP contribution < -0.4 is 9.47 Å². The molecule has 1 aliphatic heterocycles. The Morgan fingerprint density at radius 3 is 2.59 bits per heavy atom. The normalized spacial score (nSPS) is 18.0. The van der Waals surface area contributed by atoms with Crippen molar-refractivity contribution in [3.8, 4) is 17.2 Å². The molecule has 0 radical (unpaired) electrons. The Morgan fingerprint density at radius 2 is 1.90 bits per heavy atom. The summed E-state index contributed by atoms with van der Waals surface area (Å²) in [5, 5.41) is 19.3. The first kappa shape index (κ1) is 21.4. The molecule has 3 rings (SSSR count). The van der Waals surface area contributed by atoms with Gasteiger partial charge in [0, 0.05) is 57.0 Å². The van der Waals surface area contributed by atoms with Gasteiger partial charge in [-0.2, -0.15) is 0 Å². The van der Waals surface area contributed by atoms with E-state index in [1.165, 1.54) is 20.3 Å². The van der Waals surface area contributed by atoms with E-state index in [0.717, 1.165) is 31.7 Å². The Hall–Kier alpha value is -2.35. The fraction of sp³-hybridized carbons (Fsp3) is 0.455. The summed E-state index contributed by atoms with van der Waals surface area (Å²) < 4.78 is 24.6. The molecule has 0 unspecified atom stereocenters. The molecule has 0 saturated carbocycles. The largest absolute Gasteiger partial charge is 0.504 e. The van der Waals surface area contributed by atoms with Crippen LogP contribution >= 0.6 is 0 Å². The van der Waals surface area contributed by atoms with Crippen LogP contribution in [0.3, 0.4) is 0 Å². The molecule has 29 heavy (non-hydrogen) atoms. The number of aromatic hydroxyl groups is 1. The standard InChI is InChI=1S/C22H29FN2O4/c1-28-19-5-4-17(20(23)12-19)14-25-9-8-24(15-18(25)7-10-26)13-16-3-6-21(27)22(11-16)29-2/h3-6,11-12,18,26-27H,7-10,13-15H2,1-2H3/t18-/m0/s1. The molecule has 1 aliphatic rings.